The molecule has 2 N–H and O–H groups in total. The minimum absolute atomic E-state index is 0.398. The summed E-state index contributed by atoms with van der Waals surface area (Å²) in [7, 11) is -0.497. The monoisotopic (exact) mass is 326 g/mol. The molecule has 1 rings (SSSR count). The molecule has 5 heteroatoms. The zero-order chi connectivity index (χ0) is 17.1. The van der Waals surface area contributed by atoms with Gasteiger partial charge < -0.3 is 19.4 Å². The fourth-order valence-electron chi connectivity index (χ4n) is 3.47. The van der Waals surface area contributed by atoms with Gasteiger partial charge in [0.2, 0.25) is 0 Å². The molecule has 0 aliphatic heterocycles. The van der Waals surface area contributed by atoms with Crippen molar-refractivity contribution in [2.24, 2.45) is 0 Å². The van der Waals surface area contributed by atoms with Crippen LogP contribution in [0.5, 0.6) is 11.5 Å². The summed E-state index contributed by atoms with van der Waals surface area (Å²) >= 11 is 0. The van der Waals surface area contributed by atoms with E-state index in [0.717, 1.165) is 0 Å². The van der Waals surface area contributed by atoms with Gasteiger partial charge in [0, 0.05) is 5.56 Å². The Kier molecular flexibility index (Phi) is 6.46. The second kappa shape index (κ2) is 7.48. The average Bonchev–Trinajstić information content (AvgIpc) is 2.43. The van der Waals surface area contributed by atoms with Crippen molar-refractivity contribution in [3.63, 3.8) is 0 Å². The van der Waals surface area contributed by atoms with Gasteiger partial charge in [-0.15, -0.1) is 0 Å². The van der Waals surface area contributed by atoms with Crippen molar-refractivity contribution in [2.45, 2.75) is 64.5 Å². The van der Waals surface area contributed by atoms with Crippen LogP contribution in [-0.2, 0) is 0 Å². The van der Waals surface area contributed by atoms with Crippen molar-refractivity contribution in [3.05, 3.63) is 23.8 Å². The van der Waals surface area contributed by atoms with Crippen LogP contribution in [0.1, 0.15) is 53.4 Å². The number of methoxy groups -OCH3 is 1. The highest BCUT2D eigenvalue weighted by Gasteiger charge is 2.47. The molecule has 0 radical (unpaired) electrons. The maximum absolute atomic E-state index is 9.30. The van der Waals surface area contributed by atoms with Gasteiger partial charge in [0.15, 0.2) is 12.0 Å². The lowest BCUT2D eigenvalue weighted by molar-refractivity contribution is -0.0426. The normalized spacial score (nSPS) is 12.6. The predicted molar refractivity (Wildman–Crippen MR) is 91.8 cm³/mol. The molecule has 0 aliphatic rings. The summed E-state index contributed by atoms with van der Waals surface area (Å²) in [6.45, 7) is 13.4. The van der Waals surface area contributed by atoms with E-state index in [1.165, 1.54) is 0 Å². The van der Waals surface area contributed by atoms with Crippen LogP contribution in [-0.4, -0.2) is 25.6 Å². The standard InChI is InChI=1S/C17H30O4Si/c1-11(2)22(12(3)4,13(5)6)21-15-9-8-14(17(18)19)10-16(15)20-7/h8-13,17-19H,1-7H3. The second-order valence-electron chi connectivity index (χ2n) is 6.70. The molecule has 0 amide bonds. The smallest absolute Gasteiger partial charge is 0.258 e. The minimum Gasteiger partial charge on any atom is -0.540 e. The average molecular weight is 327 g/mol. The highest BCUT2D eigenvalue weighted by molar-refractivity contribution is 6.78. The first kappa shape index (κ1) is 19.0. The Morgan fingerprint density at radius 2 is 1.36 bits per heavy atom. The zero-order valence-corrected chi connectivity index (χ0v) is 15.8. The largest absolute Gasteiger partial charge is 0.540 e. The summed E-state index contributed by atoms with van der Waals surface area (Å²) in [5.74, 6) is 1.24. The lowest BCUT2D eigenvalue weighted by Gasteiger charge is -2.42. The summed E-state index contributed by atoms with van der Waals surface area (Å²) in [4.78, 5) is 0. The first-order valence-corrected chi connectivity index (χ1v) is 10.0. The Hall–Kier alpha value is -1.04. The fraction of sp³-hybridized carbons (Fsp3) is 0.647. The maximum atomic E-state index is 9.30. The molecule has 0 saturated heterocycles. The summed E-state index contributed by atoms with van der Waals surface area (Å²) in [6.07, 6.45) is -1.51. The molecular formula is C17H30O4Si. The molecular weight excluding hydrogens is 296 g/mol. The predicted octanol–water partition coefficient (Wildman–Crippen LogP) is 4.23. The van der Waals surface area contributed by atoms with Gasteiger partial charge in [-0.3, -0.25) is 0 Å². The summed E-state index contributed by atoms with van der Waals surface area (Å²) < 4.78 is 12.0. The Labute approximate surface area is 135 Å². The van der Waals surface area contributed by atoms with Crippen LogP contribution in [0.15, 0.2) is 18.2 Å². The van der Waals surface area contributed by atoms with E-state index in [2.05, 4.69) is 41.5 Å². The number of ether oxygens (including phenoxy) is 1. The second-order valence-corrected chi connectivity index (χ2v) is 12.1. The Bertz CT molecular complexity index is 462. The van der Waals surface area contributed by atoms with Gasteiger partial charge in [0.05, 0.1) is 7.11 Å². The number of rotatable bonds is 7. The highest BCUT2D eigenvalue weighted by atomic mass is 28.4. The van der Waals surface area contributed by atoms with Gasteiger partial charge in [-0.05, 0) is 28.8 Å². The third-order valence-electron chi connectivity index (χ3n) is 4.48. The lowest BCUT2D eigenvalue weighted by Crippen LogP contribution is -2.50. The van der Waals surface area contributed by atoms with Crippen molar-refractivity contribution < 1.29 is 19.4 Å². The first-order valence-electron chi connectivity index (χ1n) is 7.89. The van der Waals surface area contributed by atoms with Crippen molar-refractivity contribution in [1.29, 1.82) is 0 Å². The number of aliphatic hydroxyl groups excluding tert-OH is 1. The van der Waals surface area contributed by atoms with Crippen LogP contribution in [0.3, 0.4) is 0 Å². The molecule has 0 heterocycles. The van der Waals surface area contributed by atoms with E-state index in [0.29, 0.717) is 33.7 Å². The van der Waals surface area contributed by atoms with Crippen LogP contribution < -0.4 is 9.16 Å². The lowest BCUT2D eigenvalue weighted by atomic mass is 10.2. The molecule has 0 bridgehead atoms. The van der Waals surface area contributed by atoms with Gasteiger partial charge in [0.25, 0.3) is 8.32 Å². The summed E-state index contributed by atoms with van der Waals surface area (Å²) in [5.41, 5.74) is 1.77. The molecule has 0 fully saturated rings. The molecule has 22 heavy (non-hydrogen) atoms. The molecule has 0 spiro atoms. The minimum atomic E-state index is -2.07. The van der Waals surface area contributed by atoms with Gasteiger partial charge in [-0.2, -0.15) is 0 Å². The topological polar surface area (TPSA) is 58.9 Å². The fourth-order valence-corrected chi connectivity index (χ4v) is 8.73. The van der Waals surface area contributed by atoms with Gasteiger partial charge in [-0.1, -0.05) is 47.6 Å². The highest BCUT2D eigenvalue weighted by Crippen LogP contribution is 2.44. The van der Waals surface area contributed by atoms with Crippen LogP contribution in [0, 0.1) is 0 Å². The van der Waals surface area contributed by atoms with Gasteiger partial charge in [-0.25, -0.2) is 0 Å². The molecule has 4 nitrogen and oxygen atoms in total. The Balaban J connectivity index is 3.29. The van der Waals surface area contributed by atoms with E-state index in [9.17, 15) is 10.2 Å². The maximum Gasteiger partial charge on any atom is 0.258 e. The van der Waals surface area contributed by atoms with E-state index in [-0.39, 0.29) is 0 Å². The summed E-state index contributed by atoms with van der Waals surface area (Å²) in [6, 6.07) is 5.07. The molecule has 1 aromatic rings. The third kappa shape index (κ3) is 3.64. The Morgan fingerprint density at radius 1 is 0.864 bits per heavy atom. The van der Waals surface area contributed by atoms with Crippen molar-refractivity contribution in [2.75, 3.05) is 7.11 Å². The van der Waals surface area contributed by atoms with Crippen molar-refractivity contribution >= 4 is 8.32 Å². The number of hydrogen-bond donors (Lipinski definition) is 2. The van der Waals surface area contributed by atoms with E-state index >= 15 is 0 Å². The van der Waals surface area contributed by atoms with Gasteiger partial charge in [0.1, 0.15) is 5.75 Å². The van der Waals surface area contributed by atoms with Crippen LogP contribution >= 0.6 is 0 Å². The summed E-state index contributed by atoms with van der Waals surface area (Å²) in [5, 5.41) is 18.6. The molecule has 0 atom stereocenters. The SMILES string of the molecule is COc1cc(C(O)O)ccc1O[Si](C(C)C)(C(C)C)C(C)C. The number of hydrogen-bond acceptors (Lipinski definition) is 4. The van der Waals surface area contributed by atoms with Gasteiger partial charge >= 0.3 is 0 Å². The van der Waals surface area contributed by atoms with E-state index in [4.69, 9.17) is 9.16 Å². The number of aliphatic hydroxyl groups is 2. The first-order chi connectivity index (χ1) is 10.2. The molecule has 0 saturated carbocycles. The van der Waals surface area contributed by atoms with E-state index in [1.54, 1.807) is 25.3 Å². The zero-order valence-electron chi connectivity index (χ0n) is 14.8. The van der Waals surface area contributed by atoms with Crippen LogP contribution in [0.25, 0.3) is 0 Å². The number of benzene rings is 1. The molecule has 0 unspecified atom stereocenters. The van der Waals surface area contributed by atoms with E-state index < -0.39 is 14.6 Å². The van der Waals surface area contributed by atoms with Crippen molar-refractivity contribution in [3.8, 4) is 11.5 Å². The third-order valence-corrected chi connectivity index (χ3v) is 10.5. The molecule has 0 aliphatic carbocycles. The molecule has 0 aromatic heterocycles. The van der Waals surface area contributed by atoms with E-state index in [1.807, 2.05) is 0 Å². The molecule has 1 aromatic carbocycles. The molecule has 126 valence electrons. The quantitative estimate of drug-likeness (QED) is 0.581. The Morgan fingerprint density at radius 3 is 1.73 bits per heavy atom. The van der Waals surface area contributed by atoms with Crippen LogP contribution in [0.4, 0.5) is 0 Å². The van der Waals surface area contributed by atoms with Crippen LogP contribution in [0.2, 0.25) is 16.6 Å². The van der Waals surface area contributed by atoms with Crippen molar-refractivity contribution in [1.82, 2.24) is 0 Å².